The molecule has 0 saturated heterocycles. The highest BCUT2D eigenvalue weighted by atomic mass is 16.4. The molecular weight excluding hydrogens is 212 g/mol. The minimum Gasteiger partial charge on any atom is -0.508 e. The highest BCUT2D eigenvalue weighted by Crippen LogP contribution is 2.33. The number of aliphatic hydroxyl groups is 1. The summed E-state index contributed by atoms with van der Waals surface area (Å²) in [5, 5.41) is 28.4. The first-order valence-electron chi connectivity index (χ1n) is 4.63. The van der Waals surface area contributed by atoms with Crippen LogP contribution in [0.3, 0.4) is 0 Å². The van der Waals surface area contributed by atoms with Gasteiger partial charge in [-0.3, -0.25) is 0 Å². The zero-order valence-corrected chi connectivity index (χ0v) is 8.52. The van der Waals surface area contributed by atoms with Crippen LogP contribution < -0.4 is 5.63 Å². The maximum atomic E-state index is 11.5. The molecule has 0 fully saturated rings. The van der Waals surface area contributed by atoms with Gasteiger partial charge in [0.2, 0.25) is 0 Å². The van der Waals surface area contributed by atoms with E-state index < -0.39 is 12.2 Å². The Kier molecular flexibility index (Phi) is 2.32. The van der Waals surface area contributed by atoms with E-state index in [1.165, 1.54) is 19.1 Å². The first-order valence-corrected chi connectivity index (χ1v) is 4.63. The number of fused-ring (bicyclic) bond motifs is 1. The van der Waals surface area contributed by atoms with E-state index in [0.717, 1.165) is 0 Å². The molecule has 0 bridgehead atoms. The molecule has 1 aromatic heterocycles. The largest absolute Gasteiger partial charge is 0.508 e. The van der Waals surface area contributed by atoms with E-state index in [1.54, 1.807) is 0 Å². The number of aromatic hydroxyl groups is 2. The molecule has 84 valence electrons. The minimum atomic E-state index is -0.734. The quantitative estimate of drug-likeness (QED) is 0.669. The Morgan fingerprint density at radius 2 is 2.00 bits per heavy atom. The molecule has 0 unspecified atom stereocenters. The van der Waals surface area contributed by atoms with Gasteiger partial charge < -0.3 is 19.7 Å². The summed E-state index contributed by atoms with van der Waals surface area (Å²) in [7, 11) is 0. The lowest BCUT2D eigenvalue weighted by Crippen LogP contribution is -2.03. The third-order valence-corrected chi connectivity index (χ3v) is 2.46. The van der Waals surface area contributed by atoms with Gasteiger partial charge in [-0.2, -0.15) is 0 Å². The van der Waals surface area contributed by atoms with Crippen LogP contribution in [-0.2, 0) is 6.61 Å². The van der Waals surface area contributed by atoms with Crippen molar-refractivity contribution in [1.82, 2.24) is 0 Å². The van der Waals surface area contributed by atoms with Crippen LogP contribution >= 0.6 is 0 Å². The minimum absolute atomic E-state index is 0.00694. The molecule has 1 heterocycles. The number of hydrogen-bond acceptors (Lipinski definition) is 5. The lowest BCUT2D eigenvalue weighted by molar-refractivity contribution is 0.241. The van der Waals surface area contributed by atoms with E-state index in [2.05, 4.69) is 0 Å². The van der Waals surface area contributed by atoms with Crippen molar-refractivity contribution in [1.29, 1.82) is 0 Å². The predicted octanol–water partition coefficient (Wildman–Crippen LogP) is 1.00. The highest BCUT2D eigenvalue weighted by Gasteiger charge is 2.13. The fourth-order valence-electron chi connectivity index (χ4n) is 1.55. The molecule has 2 rings (SSSR count). The van der Waals surface area contributed by atoms with Gasteiger partial charge in [0, 0.05) is 5.56 Å². The number of rotatable bonds is 1. The Hall–Kier alpha value is -2.01. The van der Waals surface area contributed by atoms with Crippen LogP contribution in [0.25, 0.3) is 10.8 Å². The molecule has 3 N–H and O–H groups in total. The van der Waals surface area contributed by atoms with Crippen LogP contribution in [0.5, 0.6) is 11.5 Å². The maximum Gasteiger partial charge on any atom is 0.347 e. The molecule has 2 aromatic rings. The molecule has 1 aromatic carbocycles. The van der Waals surface area contributed by atoms with Crippen molar-refractivity contribution >= 4 is 10.8 Å². The van der Waals surface area contributed by atoms with E-state index in [1.807, 2.05) is 0 Å². The smallest absolute Gasteiger partial charge is 0.347 e. The van der Waals surface area contributed by atoms with Gasteiger partial charge >= 0.3 is 5.63 Å². The van der Waals surface area contributed by atoms with E-state index in [4.69, 9.17) is 9.52 Å². The summed E-state index contributed by atoms with van der Waals surface area (Å²) < 4.78 is 4.77. The molecule has 5 nitrogen and oxygen atoms in total. The van der Waals surface area contributed by atoms with Crippen LogP contribution in [0.15, 0.2) is 21.3 Å². The Bertz CT molecular complexity index is 612. The molecular formula is C11H10O5. The van der Waals surface area contributed by atoms with Crippen LogP contribution in [0.4, 0.5) is 0 Å². The van der Waals surface area contributed by atoms with E-state index in [9.17, 15) is 15.0 Å². The Balaban J connectivity index is 2.96. The van der Waals surface area contributed by atoms with Crippen molar-refractivity contribution in [3.8, 4) is 11.5 Å². The zero-order chi connectivity index (χ0) is 11.9. The molecule has 0 saturated carbocycles. The van der Waals surface area contributed by atoms with Crippen LogP contribution in [0, 0.1) is 6.92 Å². The van der Waals surface area contributed by atoms with Gasteiger partial charge in [-0.15, -0.1) is 0 Å². The number of phenolic OH excluding ortho intramolecular Hbond substituents is 2. The summed E-state index contributed by atoms with van der Waals surface area (Å²) in [6.07, 6.45) is 0. The third-order valence-electron chi connectivity index (χ3n) is 2.46. The summed E-state index contributed by atoms with van der Waals surface area (Å²) in [6, 6.07) is 2.75. The molecule has 0 aliphatic rings. The van der Waals surface area contributed by atoms with Gasteiger partial charge in [-0.25, -0.2) is 4.79 Å². The van der Waals surface area contributed by atoms with Crippen molar-refractivity contribution in [2.24, 2.45) is 0 Å². The molecule has 0 aliphatic carbocycles. The normalized spacial score (nSPS) is 10.9. The SMILES string of the molecule is Cc1c(O)cc2cc(CO)oc(=O)c2c1O. The number of aliphatic hydroxyl groups excluding tert-OH is 1. The zero-order valence-electron chi connectivity index (χ0n) is 8.52. The highest BCUT2D eigenvalue weighted by molar-refractivity contribution is 5.90. The van der Waals surface area contributed by atoms with E-state index in [0.29, 0.717) is 5.39 Å². The summed E-state index contributed by atoms with van der Waals surface area (Å²) in [5.74, 6) is -0.326. The number of benzene rings is 1. The lowest BCUT2D eigenvalue weighted by Gasteiger charge is -2.06. The summed E-state index contributed by atoms with van der Waals surface area (Å²) >= 11 is 0. The molecule has 16 heavy (non-hydrogen) atoms. The van der Waals surface area contributed by atoms with Crippen molar-refractivity contribution in [3.05, 3.63) is 33.9 Å². The second-order valence-electron chi connectivity index (χ2n) is 3.49. The monoisotopic (exact) mass is 222 g/mol. The molecule has 5 heteroatoms. The standard InChI is InChI=1S/C11H10O5/c1-5-8(13)3-6-2-7(4-12)16-11(15)9(6)10(5)14/h2-3,12-14H,4H2,1H3. The Morgan fingerprint density at radius 1 is 1.31 bits per heavy atom. The van der Waals surface area contributed by atoms with Gasteiger partial charge in [-0.05, 0) is 24.4 Å². The topological polar surface area (TPSA) is 90.9 Å². The average Bonchev–Trinajstić information content (AvgIpc) is 2.25. The van der Waals surface area contributed by atoms with Crippen molar-refractivity contribution < 1.29 is 19.7 Å². The second-order valence-corrected chi connectivity index (χ2v) is 3.49. The van der Waals surface area contributed by atoms with Gasteiger partial charge in [0.1, 0.15) is 29.3 Å². The maximum absolute atomic E-state index is 11.5. The first-order chi connectivity index (χ1) is 7.54. The average molecular weight is 222 g/mol. The second kappa shape index (κ2) is 3.53. The van der Waals surface area contributed by atoms with Crippen molar-refractivity contribution in [2.75, 3.05) is 0 Å². The summed E-state index contributed by atoms with van der Waals surface area (Å²) in [6.45, 7) is 1.07. The Morgan fingerprint density at radius 3 is 2.62 bits per heavy atom. The first kappa shape index (κ1) is 10.5. The molecule has 0 aliphatic heterocycles. The van der Waals surface area contributed by atoms with Crippen LogP contribution in [0.2, 0.25) is 0 Å². The van der Waals surface area contributed by atoms with Crippen LogP contribution in [-0.4, -0.2) is 15.3 Å². The summed E-state index contributed by atoms with van der Waals surface area (Å²) in [4.78, 5) is 11.5. The molecule has 0 amide bonds. The predicted molar refractivity (Wildman–Crippen MR) is 56.5 cm³/mol. The van der Waals surface area contributed by atoms with Gasteiger partial charge in [0.05, 0.1) is 0 Å². The van der Waals surface area contributed by atoms with Gasteiger partial charge in [0.25, 0.3) is 0 Å². The lowest BCUT2D eigenvalue weighted by atomic mass is 10.1. The molecule has 0 spiro atoms. The fraction of sp³-hybridized carbons (Fsp3) is 0.182. The Labute approximate surface area is 90.2 Å². The summed E-state index contributed by atoms with van der Waals surface area (Å²) in [5.41, 5.74) is -0.515. The van der Waals surface area contributed by atoms with Crippen molar-refractivity contribution in [3.63, 3.8) is 0 Å². The van der Waals surface area contributed by atoms with Crippen molar-refractivity contribution in [2.45, 2.75) is 13.5 Å². The fourth-order valence-corrected chi connectivity index (χ4v) is 1.55. The number of hydrogen-bond donors (Lipinski definition) is 3. The molecule has 0 radical (unpaired) electrons. The number of phenols is 2. The van der Waals surface area contributed by atoms with E-state index >= 15 is 0 Å². The molecule has 0 atom stereocenters. The third kappa shape index (κ3) is 1.42. The van der Waals surface area contributed by atoms with E-state index in [-0.39, 0.29) is 28.2 Å². The van der Waals surface area contributed by atoms with Crippen LogP contribution in [0.1, 0.15) is 11.3 Å². The van der Waals surface area contributed by atoms with Gasteiger partial charge in [0.15, 0.2) is 0 Å². The van der Waals surface area contributed by atoms with Gasteiger partial charge in [-0.1, -0.05) is 0 Å².